The van der Waals surface area contributed by atoms with E-state index in [4.69, 9.17) is 23.2 Å². The number of hydrogen-bond donors (Lipinski definition) is 1. The molecule has 5 nitrogen and oxygen atoms in total. The first-order valence-corrected chi connectivity index (χ1v) is 10.6. The van der Waals surface area contributed by atoms with Gasteiger partial charge in [0.2, 0.25) is 5.91 Å². The highest BCUT2D eigenvalue weighted by Gasteiger charge is 2.16. The molecular formula is C22H22Cl2N4O. The van der Waals surface area contributed by atoms with Gasteiger partial charge in [0.25, 0.3) is 0 Å². The summed E-state index contributed by atoms with van der Waals surface area (Å²) >= 11 is 12.2. The molecule has 0 aliphatic carbocycles. The first-order chi connectivity index (χ1) is 14.1. The van der Waals surface area contributed by atoms with Gasteiger partial charge in [-0.1, -0.05) is 41.8 Å². The highest BCUT2D eigenvalue weighted by atomic mass is 35.5. The molecule has 1 amide bonds. The molecule has 0 saturated heterocycles. The number of nitrogens with one attached hydrogen (secondary N) is 1. The average Bonchev–Trinajstić information content (AvgIpc) is 2.98. The summed E-state index contributed by atoms with van der Waals surface area (Å²) in [5.41, 5.74) is 2.64. The van der Waals surface area contributed by atoms with E-state index < -0.39 is 0 Å². The van der Waals surface area contributed by atoms with Crippen molar-refractivity contribution in [1.82, 2.24) is 14.8 Å². The van der Waals surface area contributed by atoms with E-state index in [1.807, 2.05) is 36.4 Å². The first-order valence-electron chi connectivity index (χ1n) is 9.87. The number of aromatic nitrogens is 3. The minimum atomic E-state index is -0.0647. The number of amides is 1. The van der Waals surface area contributed by atoms with Gasteiger partial charge in [0.05, 0.1) is 10.0 Å². The van der Waals surface area contributed by atoms with Gasteiger partial charge in [-0.2, -0.15) is 0 Å². The lowest BCUT2D eigenvalue weighted by Gasteiger charge is -2.09. The van der Waals surface area contributed by atoms with Gasteiger partial charge in [-0.25, -0.2) is 0 Å². The topological polar surface area (TPSA) is 59.8 Å². The molecule has 1 aliphatic heterocycles. The molecule has 0 unspecified atom stereocenters. The molecule has 1 aromatic heterocycles. The minimum absolute atomic E-state index is 0.0647. The van der Waals surface area contributed by atoms with E-state index in [9.17, 15) is 4.79 Å². The number of rotatable bonds is 5. The standard InChI is InChI=1S/C22H22Cl2N4O/c23-18-6-4-5-15(21(18)24)10-13-20(29)25-17-11-8-16(9-12-17)22-27-26-19-7-2-1-3-14-28(19)22/h4-6,8-9,11-12H,1-3,7,10,13-14H2,(H,25,29). The maximum atomic E-state index is 12.3. The summed E-state index contributed by atoms with van der Waals surface area (Å²) in [4.78, 5) is 12.3. The number of nitrogens with zero attached hydrogens (tertiary/aromatic N) is 3. The van der Waals surface area contributed by atoms with Crippen molar-refractivity contribution < 1.29 is 4.79 Å². The average molecular weight is 429 g/mol. The van der Waals surface area contributed by atoms with Crippen LogP contribution in [0.25, 0.3) is 11.4 Å². The smallest absolute Gasteiger partial charge is 0.224 e. The molecule has 4 rings (SSSR count). The second-order valence-corrected chi connectivity index (χ2v) is 8.03. The summed E-state index contributed by atoms with van der Waals surface area (Å²) in [6, 6.07) is 13.2. The van der Waals surface area contributed by atoms with Gasteiger partial charge in [0.1, 0.15) is 5.82 Å². The molecule has 29 heavy (non-hydrogen) atoms. The van der Waals surface area contributed by atoms with Crippen LogP contribution in [-0.4, -0.2) is 20.7 Å². The number of carbonyl (C=O) groups excluding carboxylic acids is 1. The first kappa shape index (κ1) is 19.9. The van der Waals surface area contributed by atoms with Crippen molar-refractivity contribution in [2.24, 2.45) is 0 Å². The monoisotopic (exact) mass is 428 g/mol. The van der Waals surface area contributed by atoms with Gasteiger partial charge in [0.15, 0.2) is 5.82 Å². The van der Waals surface area contributed by atoms with Crippen LogP contribution in [0, 0.1) is 0 Å². The Bertz CT molecular complexity index is 1010. The Morgan fingerprint density at radius 1 is 1.03 bits per heavy atom. The van der Waals surface area contributed by atoms with Crippen LogP contribution in [0.2, 0.25) is 10.0 Å². The molecule has 7 heteroatoms. The molecule has 0 spiro atoms. The Morgan fingerprint density at radius 3 is 2.69 bits per heavy atom. The number of carbonyl (C=O) groups is 1. The fraction of sp³-hybridized carbons (Fsp3) is 0.318. The quantitative estimate of drug-likeness (QED) is 0.579. The zero-order valence-corrected chi connectivity index (χ0v) is 17.5. The molecule has 3 aromatic rings. The minimum Gasteiger partial charge on any atom is -0.326 e. The Labute approximate surface area is 180 Å². The summed E-state index contributed by atoms with van der Waals surface area (Å²) in [7, 11) is 0. The molecule has 0 radical (unpaired) electrons. The third-order valence-electron chi connectivity index (χ3n) is 5.19. The molecular weight excluding hydrogens is 407 g/mol. The third-order valence-corrected chi connectivity index (χ3v) is 6.05. The van der Waals surface area contributed by atoms with Gasteiger partial charge < -0.3 is 9.88 Å². The van der Waals surface area contributed by atoms with Crippen molar-refractivity contribution >= 4 is 34.8 Å². The third kappa shape index (κ3) is 4.62. The van der Waals surface area contributed by atoms with Gasteiger partial charge in [-0.15, -0.1) is 10.2 Å². The molecule has 0 atom stereocenters. The Hall–Kier alpha value is -2.37. The maximum absolute atomic E-state index is 12.3. The van der Waals surface area contributed by atoms with Crippen LogP contribution in [-0.2, 0) is 24.2 Å². The summed E-state index contributed by atoms with van der Waals surface area (Å²) in [5, 5.41) is 12.7. The molecule has 2 heterocycles. The SMILES string of the molecule is O=C(CCc1cccc(Cl)c1Cl)Nc1ccc(-c2nnc3n2CCCCC3)cc1. The second kappa shape index (κ2) is 8.97. The van der Waals surface area contributed by atoms with Crippen LogP contribution < -0.4 is 5.32 Å². The van der Waals surface area contributed by atoms with Crippen molar-refractivity contribution in [1.29, 1.82) is 0 Å². The van der Waals surface area contributed by atoms with Crippen molar-refractivity contribution in [2.45, 2.75) is 45.1 Å². The van der Waals surface area contributed by atoms with Crippen LogP contribution in [0.4, 0.5) is 5.69 Å². The van der Waals surface area contributed by atoms with Crippen molar-refractivity contribution in [3.05, 3.63) is 63.9 Å². The second-order valence-electron chi connectivity index (χ2n) is 7.24. The van der Waals surface area contributed by atoms with Crippen LogP contribution >= 0.6 is 23.2 Å². The predicted octanol–water partition coefficient (Wildman–Crippen LogP) is 5.55. The number of fused-ring (bicyclic) bond motifs is 1. The molecule has 0 bridgehead atoms. The van der Waals surface area contributed by atoms with E-state index in [-0.39, 0.29) is 5.91 Å². The molecule has 2 aromatic carbocycles. The maximum Gasteiger partial charge on any atom is 0.224 e. The largest absolute Gasteiger partial charge is 0.326 e. The fourth-order valence-electron chi connectivity index (χ4n) is 3.61. The molecule has 1 aliphatic rings. The summed E-state index contributed by atoms with van der Waals surface area (Å²) in [5.74, 6) is 1.90. The van der Waals surface area contributed by atoms with Crippen LogP contribution in [0.5, 0.6) is 0 Å². The van der Waals surface area contributed by atoms with Crippen LogP contribution in [0.15, 0.2) is 42.5 Å². The zero-order valence-electron chi connectivity index (χ0n) is 16.0. The van der Waals surface area contributed by atoms with Crippen molar-refractivity contribution in [3.63, 3.8) is 0 Å². The Balaban J connectivity index is 1.39. The Kier molecular flexibility index (Phi) is 6.16. The molecule has 150 valence electrons. The van der Waals surface area contributed by atoms with Crippen molar-refractivity contribution in [3.8, 4) is 11.4 Å². The van der Waals surface area contributed by atoms with Gasteiger partial charge in [-0.05, 0) is 55.2 Å². The normalized spacial score (nSPS) is 13.6. The lowest BCUT2D eigenvalue weighted by molar-refractivity contribution is -0.116. The lowest BCUT2D eigenvalue weighted by Crippen LogP contribution is -2.12. The summed E-state index contributed by atoms with van der Waals surface area (Å²) in [6.45, 7) is 0.961. The van der Waals surface area contributed by atoms with Crippen LogP contribution in [0.3, 0.4) is 0 Å². The number of aryl methyl sites for hydroxylation is 2. The van der Waals surface area contributed by atoms with E-state index in [1.54, 1.807) is 6.07 Å². The van der Waals surface area contributed by atoms with E-state index in [0.29, 0.717) is 22.9 Å². The van der Waals surface area contributed by atoms with Gasteiger partial charge in [-0.3, -0.25) is 4.79 Å². The van der Waals surface area contributed by atoms with Gasteiger partial charge in [0, 0.05) is 30.6 Å². The summed E-state index contributed by atoms with van der Waals surface area (Å²) in [6.07, 6.45) is 5.41. The molecule has 0 fully saturated rings. The molecule has 0 saturated carbocycles. The highest BCUT2D eigenvalue weighted by molar-refractivity contribution is 6.42. The van der Waals surface area contributed by atoms with E-state index in [0.717, 1.165) is 47.8 Å². The van der Waals surface area contributed by atoms with E-state index >= 15 is 0 Å². The highest BCUT2D eigenvalue weighted by Crippen LogP contribution is 2.27. The van der Waals surface area contributed by atoms with Crippen molar-refractivity contribution in [2.75, 3.05) is 5.32 Å². The zero-order chi connectivity index (χ0) is 20.2. The number of benzene rings is 2. The lowest BCUT2D eigenvalue weighted by atomic mass is 10.1. The Morgan fingerprint density at radius 2 is 1.86 bits per heavy atom. The van der Waals surface area contributed by atoms with Gasteiger partial charge >= 0.3 is 0 Å². The molecule has 1 N–H and O–H groups in total. The number of hydrogen-bond acceptors (Lipinski definition) is 3. The number of anilines is 1. The predicted molar refractivity (Wildman–Crippen MR) is 116 cm³/mol. The summed E-state index contributed by atoms with van der Waals surface area (Å²) < 4.78 is 2.22. The number of halogens is 2. The van der Waals surface area contributed by atoms with E-state index in [2.05, 4.69) is 20.1 Å². The van der Waals surface area contributed by atoms with E-state index in [1.165, 1.54) is 12.8 Å². The fourth-order valence-corrected chi connectivity index (χ4v) is 4.03. The van der Waals surface area contributed by atoms with Crippen LogP contribution in [0.1, 0.15) is 37.1 Å².